The monoisotopic (exact) mass is 255 g/mol. The van der Waals surface area contributed by atoms with Gasteiger partial charge in [0.2, 0.25) is 0 Å². The van der Waals surface area contributed by atoms with Crippen molar-refractivity contribution in [1.82, 2.24) is 0 Å². The van der Waals surface area contributed by atoms with Gasteiger partial charge in [0.15, 0.2) is 0 Å². The van der Waals surface area contributed by atoms with Crippen LogP contribution in [0.3, 0.4) is 0 Å². The largest absolute Gasteiger partial charge is 0.382 e. The Morgan fingerprint density at radius 1 is 1.24 bits per heavy atom. The molecule has 1 aromatic rings. The van der Waals surface area contributed by atoms with Crippen LogP contribution >= 0.6 is 11.6 Å². The summed E-state index contributed by atoms with van der Waals surface area (Å²) in [5.74, 6) is 1.18. The molecule has 1 nitrogen and oxygen atoms in total. The minimum atomic E-state index is -0.353. The topological polar surface area (TPSA) is 12.0 Å². The van der Waals surface area contributed by atoms with Gasteiger partial charge in [-0.2, -0.15) is 0 Å². The summed E-state index contributed by atoms with van der Waals surface area (Å²) >= 11 is 5.66. The van der Waals surface area contributed by atoms with Gasteiger partial charge >= 0.3 is 0 Å². The van der Waals surface area contributed by atoms with Crippen LogP contribution < -0.4 is 5.32 Å². The number of hydrogen-bond acceptors (Lipinski definition) is 1. The Morgan fingerprint density at radius 3 is 2.65 bits per heavy atom. The summed E-state index contributed by atoms with van der Waals surface area (Å²) in [5, 5.41) is 3.58. The van der Waals surface area contributed by atoms with E-state index in [1.54, 1.807) is 6.07 Å². The fourth-order valence-electron chi connectivity index (χ4n) is 2.50. The van der Waals surface area contributed by atoms with E-state index in [1.807, 2.05) is 6.07 Å². The van der Waals surface area contributed by atoms with Gasteiger partial charge in [-0.25, -0.2) is 4.39 Å². The molecule has 3 heteroatoms. The lowest BCUT2D eigenvalue weighted by atomic mass is 9.79. The van der Waals surface area contributed by atoms with E-state index < -0.39 is 0 Å². The van der Waals surface area contributed by atoms with Crippen molar-refractivity contribution in [2.24, 2.45) is 11.8 Å². The van der Waals surface area contributed by atoms with Crippen molar-refractivity contribution in [3.05, 3.63) is 29.0 Å². The summed E-state index contributed by atoms with van der Waals surface area (Å²) in [6.45, 7) is 4.60. The number of benzene rings is 1. The maximum atomic E-state index is 13.3. The summed E-state index contributed by atoms with van der Waals surface area (Å²) in [6, 6.07) is 5.38. The third-order valence-electron chi connectivity index (χ3n) is 3.89. The maximum absolute atomic E-state index is 13.3. The molecule has 0 spiro atoms. The second-order valence-corrected chi connectivity index (χ2v) is 5.64. The number of halogens is 2. The first-order valence-electron chi connectivity index (χ1n) is 6.28. The van der Waals surface area contributed by atoms with Crippen LogP contribution in [0.1, 0.15) is 33.1 Å². The van der Waals surface area contributed by atoms with Gasteiger partial charge in [0.05, 0.1) is 5.02 Å². The van der Waals surface area contributed by atoms with Crippen LogP contribution in [-0.2, 0) is 0 Å². The van der Waals surface area contributed by atoms with E-state index in [2.05, 4.69) is 19.2 Å². The van der Waals surface area contributed by atoms with E-state index in [4.69, 9.17) is 11.6 Å². The molecule has 0 radical (unpaired) electrons. The molecule has 1 N–H and O–H groups in total. The van der Waals surface area contributed by atoms with Gasteiger partial charge in [0.1, 0.15) is 5.82 Å². The van der Waals surface area contributed by atoms with Crippen LogP contribution in [0.25, 0.3) is 0 Å². The van der Waals surface area contributed by atoms with Crippen molar-refractivity contribution >= 4 is 17.3 Å². The van der Waals surface area contributed by atoms with Gasteiger partial charge in [0, 0.05) is 11.7 Å². The highest BCUT2D eigenvalue weighted by Crippen LogP contribution is 2.31. The Kier molecular flexibility index (Phi) is 3.93. The fraction of sp³-hybridized carbons (Fsp3) is 0.571. The van der Waals surface area contributed by atoms with Crippen LogP contribution in [0.4, 0.5) is 10.1 Å². The summed E-state index contributed by atoms with van der Waals surface area (Å²) in [5.41, 5.74) is 0.832. The molecule has 3 atom stereocenters. The molecular formula is C14H19ClFN. The highest BCUT2D eigenvalue weighted by molar-refractivity contribution is 6.30. The predicted molar refractivity (Wildman–Crippen MR) is 71.0 cm³/mol. The average molecular weight is 256 g/mol. The molecule has 0 aromatic heterocycles. The average Bonchev–Trinajstić information content (AvgIpc) is 2.29. The number of anilines is 1. The van der Waals surface area contributed by atoms with Crippen LogP contribution in [0.2, 0.25) is 5.02 Å². The van der Waals surface area contributed by atoms with E-state index in [9.17, 15) is 4.39 Å². The first-order valence-corrected chi connectivity index (χ1v) is 6.65. The molecule has 0 saturated heterocycles. The van der Waals surface area contributed by atoms with Crippen LogP contribution in [-0.4, -0.2) is 6.04 Å². The van der Waals surface area contributed by atoms with Gasteiger partial charge in [0.25, 0.3) is 0 Å². The lowest BCUT2D eigenvalue weighted by molar-refractivity contribution is 0.261. The van der Waals surface area contributed by atoms with Crippen molar-refractivity contribution in [3.63, 3.8) is 0 Å². The highest BCUT2D eigenvalue weighted by atomic mass is 35.5. The summed E-state index contributed by atoms with van der Waals surface area (Å²) in [6.07, 6.45) is 3.57. The minimum absolute atomic E-state index is 0.182. The van der Waals surface area contributed by atoms with Gasteiger partial charge in [-0.1, -0.05) is 25.4 Å². The zero-order valence-electron chi connectivity index (χ0n) is 10.3. The first kappa shape index (κ1) is 12.7. The van der Waals surface area contributed by atoms with Gasteiger partial charge in [-0.3, -0.25) is 0 Å². The second kappa shape index (κ2) is 5.26. The fourth-order valence-corrected chi connectivity index (χ4v) is 2.62. The molecule has 3 unspecified atom stereocenters. The van der Waals surface area contributed by atoms with Crippen LogP contribution in [0.5, 0.6) is 0 Å². The van der Waals surface area contributed by atoms with Gasteiger partial charge in [-0.05, 0) is 49.3 Å². The Bertz CT molecular complexity index is 394. The predicted octanol–water partition coefficient (Wildman–Crippen LogP) is 4.72. The third kappa shape index (κ3) is 3.12. The van der Waals surface area contributed by atoms with Crippen molar-refractivity contribution in [3.8, 4) is 0 Å². The molecular weight excluding hydrogens is 237 g/mol. The molecule has 0 aliphatic heterocycles. The van der Waals surface area contributed by atoms with E-state index >= 15 is 0 Å². The summed E-state index contributed by atoms with van der Waals surface area (Å²) < 4.78 is 13.3. The molecule has 1 aliphatic carbocycles. The quantitative estimate of drug-likeness (QED) is 0.807. The van der Waals surface area contributed by atoms with Crippen molar-refractivity contribution < 1.29 is 4.39 Å². The molecule has 1 aliphatic rings. The lowest BCUT2D eigenvalue weighted by Gasteiger charge is -2.33. The molecule has 0 heterocycles. The highest BCUT2D eigenvalue weighted by Gasteiger charge is 2.24. The van der Waals surface area contributed by atoms with E-state index in [0.717, 1.165) is 30.4 Å². The Morgan fingerprint density at radius 2 is 2.00 bits per heavy atom. The normalized spacial score (nSPS) is 29.1. The maximum Gasteiger partial charge on any atom is 0.143 e. The molecule has 0 amide bonds. The van der Waals surface area contributed by atoms with Gasteiger partial charge in [-0.15, -0.1) is 0 Å². The first-order chi connectivity index (χ1) is 8.06. The minimum Gasteiger partial charge on any atom is -0.382 e. The molecule has 1 saturated carbocycles. The molecule has 1 aromatic carbocycles. The molecule has 1 fully saturated rings. The summed E-state index contributed by atoms with van der Waals surface area (Å²) in [7, 11) is 0. The van der Waals surface area contributed by atoms with E-state index in [-0.39, 0.29) is 10.8 Å². The Hall–Kier alpha value is -0.760. The molecule has 2 rings (SSSR count). The smallest absolute Gasteiger partial charge is 0.143 e. The number of nitrogens with one attached hydrogen (secondary N) is 1. The Balaban J connectivity index is 1.99. The molecule has 17 heavy (non-hydrogen) atoms. The lowest BCUT2D eigenvalue weighted by Crippen LogP contribution is -2.30. The molecule has 0 bridgehead atoms. The van der Waals surface area contributed by atoms with Crippen molar-refractivity contribution in [2.75, 3.05) is 5.32 Å². The van der Waals surface area contributed by atoms with E-state index in [1.165, 1.54) is 12.5 Å². The second-order valence-electron chi connectivity index (χ2n) is 5.24. The Labute approximate surface area is 107 Å². The summed E-state index contributed by atoms with van der Waals surface area (Å²) in [4.78, 5) is 0. The van der Waals surface area contributed by atoms with Crippen molar-refractivity contribution in [1.29, 1.82) is 0 Å². The zero-order chi connectivity index (χ0) is 12.4. The third-order valence-corrected chi connectivity index (χ3v) is 4.20. The molecule has 94 valence electrons. The van der Waals surface area contributed by atoms with Crippen LogP contribution in [0.15, 0.2) is 18.2 Å². The van der Waals surface area contributed by atoms with Crippen LogP contribution in [0, 0.1) is 17.7 Å². The number of rotatable bonds is 2. The van der Waals surface area contributed by atoms with Gasteiger partial charge < -0.3 is 5.32 Å². The standard InChI is InChI=1S/C14H19ClFN/c1-9-3-4-11(7-10(9)2)17-12-5-6-13(15)14(16)8-12/h5-6,8-11,17H,3-4,7H2,1-2H3. The van der Waals surface area contributed by atoms with Crippen molar-refractivity contribution in [2.45, 2.75) is 39.2 Å². The zero-order valence-corrected chi connectivity index (χ0v) is 11.1. The SMILES string of the molecule is CC1CCC(Nc2ccc(Cl)c(F)c2)CC1C. The van der Waals surface area contributed by atoms with E-state index in [0.29, 0.717) is 6.04 Å². The number of hydrogen-bond donors (Lipinski definition) is 1.